The molecule has 3 N–H and O–H groups in total. The highest BCUT2D eigenvalue weighted by molar-refractivity contribution is 7.99. The van der Waals surface area contributed by atoms with Crippen molar-refractivity contribution in [2.45, 2.75) is 36.1 Å². The van der Waals surface area contributed by atoms with Gasteiger partial charge in [0.15, 0.2) is 0 Å². The maximum Gasteiger partial charge on any atom is 0.238 e. The molecule has 0 radical (unpaired) electrons. The van der Waals surface area contributed by atoms with E-state index in [1.165, 1.54) is 0 Å². The zero-order chi connectivity index (χ0) is 15.5. The topological polar surface area (TPSA) is 55.1 Å². The Morgan fingerprint density at radius 2 is 2.24 bits per heavy atom. The van der Waals surface area contributed by atoms with Crippen LogP contribution in [0, 0.1) is 5.92 Å². The number of rotatable bonds is 6. The van der Waals surface area contributed by atoms with Crippen molar-refractivity contribution in [1.82, 2.24) is 5.32 Å². The molecule has 0 bridgehead atoms. The maximum absolute atomic E-state index is 11.8. The summed E-state index contributed by atoms with van der Waals surface area (Å²) in [5, 5.41) is 4.31. The van der Waals surface area contributed by atoms with Crippen LogP contribution in [0.3, 0.4) is 0 Å². The molecule has 1 aromatic carbocycles. The third kappa shape index (κ3) is 3.67. The van der Waals surface area contributed by atoms with Gasteiger partial charge in [-0.05, 0) is 56.2 Å². The Morgan fingerprint density at radius 1 is 1.48 bits per heavy atom. The summed E-state index contributed by atoms with van der Waals surface area (Å²) < 4.78 is 0. The van der Waals surface area contributed by atoms with Crippen molar-refractivity contribution in [2.24, 2.45) is 11.7 Å². The fourth-order valence-electron chi connectivity index (χ4n) is 3.13. The van der Waals surface area contributed by atoms with Crippen molar-refractivity contribution in [2.75, 3.05) is 12.8 Å². The maximum atomic E-state index is 11.8. The summed E-state index contributed by atoms with van der Waals surface area (Å²) in [5.41, 5.74) is 5.08. The van der Waals surface area contributed by atoms with Crippen molar-refractivity contribution < 1.29 is 4.79 Å². The van der Waals surface area contributed by atoms with Crippen LogP contribution in [-0.4, -0.2) is 24.2 Å². The number of primary amides is 1. The van der Waals surface area contributed by atoms with E-state index in [-0.39, 0.29) is 5.91 Å². The van der Waals surface area contributed by atoms with Gasteiger partial charge in [0.1, 0.15) is 5.54 Å². The van der Waals surface area contributed by atoms with E-state index in [1.54, 1.807) is 11.8 Å². The van der Waals surface area contributed by atoms with Crippen LogP contribution >= 0.6 is 35.0 Å². The van der Waals surface area contributed by atoms with E-state index in [0.717, 1.165) is 36.3 Å². The Kier molecular flexibility index (Phi) is 5.83. The van der Waals surface area contributed by atoms with Gasteiger partial charge >= 0.3 is 0 Å². The predicted octanol–water partition coefficient (Wildman–Crippen LogP) is 3.72. The highest BCUT2D eigenvalue weighted by Gasteiger charge is 2.45. The van der Waals surface area contributed by atoms with Crippen molar-refractivity contribution in [3.05, 3.63) is 28.2 Å². The zero-order valence-electron chi connectivity index (χ0n) is 12.0. The van der Waals surface area contributed by atoms with E-state index in [9.17, 15) is 4.79 Å². The van der Waals surface area contributed by atoms with Crippen LogP contribution in [0.5, 0.6) is 0 Å². The molecular weight excluding hydrogens is 327 g/mol. The average Bonchev–Trinajstić information content (AvgIpc) is 2.87. The normalized spacial score (nSPS) is 25.2. The first-order valence-corrected chi connectivity index (χ1v) is 8.80. The Hall–Kier alpha value is -0.420. The molecule has 1 aliphatic carbocycles. The molecule has 116 valence electrons. The van der Waals surface area contributed by atoms with Crippen molar-refractivity contribution in [3.63, 3.8) is 0 Å². The van der Waals surface area contributed by atoms with Crippen LogP contribution in [0.25, 0.3) is 0 Å². The Bertz CT molecular complexity index is 526. The second-order valence-electron chi connectivity index (χ2n) is 5.39. The molecule has 3 nitrogen and oxygen atoms in total. The molecule has 0 aliphatic heterocycles. The molecule has 0 aromatic heterocycles. The third-order valence-corrected chi connectivity index (χ3v) is 6.10. The van der Waals surface area contributed by atoms with Crippen molar-refractivity contribution in [1.29, 1.82) is 0 Å². The van der Waals surface area contributed by atoms with E-state index in [2.05, 4.69) is 5.32 Å². The quantitative estimate of drug-likeness (QED) is 0.771. The van der Waals surface area contributed by atoms with Crippen LogP contribution < -0.4 is 11.1 Å². The van der Waals surface area contributed by atoms with Gasteiger partial charge in [-0.25, -0.2) is 0 Å². The van der Waals surface area contributed by atoms with Gasteiger partial charge in [-0.2, -0.15) is 0 Å². The fraction of sp³-hybridized carbons (Fsp3) is 0.533. The lowest BCUT2D eigenvalue weighted by Crippen LogP contribution is -2.56. The Morgan fingerprint density at radius 3 is 2.86 bits per heavy atom. The first kappa shape index (κ1) is 16.9. The number of carbonyl (C=O) groups excluding carboxylic acids is 1. The van der Waals surface area contributed by atoms with Gasteiger partial charge in [-0.3, -0.25) is 4.79 Å². The first-order valence-electron chi connectivity index (χ1n) is 7.06. The number of hydrogen-bond donors (Lipinski definition) is 2. The summed E-state index contributed by atoms with van der Waals surface area (Å²) in [7, 11) is 1.83. The van der Waals surface area contributed by atoms with Crippen LogP contribution in [0.4, 0.5) is 0 Å². The van der Waals surface area contributed by atoms with Crippen LogP contribution in [0.15, 0.2) is 23.1 Å². The van der Waals surface area contributed by atoms with Gasteiger partial charge in [0.25, 0.3) is 0 Å². The number of amides is 1. The van der Waals surface area contributed by atoms with Gasteiger partial charge in [0.05, 0.1) is 10.0 Å². The van der Waals surface area contributed by atoms with E-state index in [0.29, 0.717) is 16.0 Å². The molecule has 2 rings (SSSR count). The molecule has 1 aliphatic rings. The molecule has 0 saturated heterocycles. The molecule has 2 unspecified atom stereocenters. The summed E-state index contributed by atoms with van der Waals surface area (Å²) >= 11 is 13.7. The van der Waals surface area contributed by atoms with Gasteiger partial charge in [0, 0.05) is 4.90 Å². The number of carbonyl (C=O) groups is 1. The molecule has 1 saturated carbocycles. The summed E-state index contributed by atoms with van der Waals surface area (Å²) in [4.78, 5) is 12.9. The second-order valence-corrected chi connectivity index (χ2v) is 7.37. The number of halogens is 2. The average molecular weight is 347 g/mol. The Balaban J connectivity index is 1.93. The van der Waals surface area contributed by atoms with Crippen molar-refractivity contribution >= 4 is 40.9 Å². The minimum absolute atomic E-state index is 0.230. The number of hydrogen-bond acceptors (Lipinski definition) is 3. The minimum atomic E-state index is -0.530. The standard InChI is InChI=1S/C15H20Cl2N2OS/c1-19-15(14(18)20)7-2-3-10(15)6-8-21-11-4-5-12(16)13(17)9-11/h4-5,9-10,19H,2-3,6-8H2,1H3,(H2,18,20). The van der Waals surface area contributed by atoms with Crippen molar-refractivity contribution in [3.8, 4) is 0 Å². The summed E-state index contributed by atoms with van der Waals surface area (Å²) in [6.45, 7) is 0. The SMILES string of the molecule is CNC1(C(N)=O)CCCC1CCSc1ccc(Cl)c(Cl)c1. The minimum Gasteiger partial charge on any atom is -0.368 e. The smallest absolute Gasteiger partial charge is 0.238 e. The highest BCUT2D eigenvalue weighted by atomic mass is 35.5. The molecule has 0 spiro atoms. The fourth-order valence-corrected chi connectivity index (χ4v) is 4.50. The van der Waals surface area contributed by atoms with E-state index >= 15 is 0 Å². The van der Waals surface area contributed by atoms with Crippen LogP contribution in [-0.2, 0) is 4.79 Å². The summed E-state index contributed by atoms with van der Waals surface area (Å²) in [6, 6.07) is 5.65. The largest absolute Gasteiger partial charge is 0.368 e. The van der Waals surface area contributed by atoms with Gasteiger partial charge in [-0.15, -0.1) is 11.8 Å². The number of benzene rings is 1. The lowest BCUT2D eigenvalue weighted by Gasteiger charge is -2.32. The monoisotopic (exact) mass is 346 g/mol. The predicted molar refractivity (Wildman–Crippen MR) is 90.1 cm³/mol. The molecule has 1 fully saturated rings. The number of nitrogens with two attached hydrogens (primary N) is 1. The summed E-state index contributed by atoms with van der Waals surface area (Å²) in [5.74, 6) is 1.00. The molecule has 21 heavy (non-hydrogen) atoms. The number of thioether (sulfide) groups is 1. The molecular formula is C15H20Cl2N2OS. The van der Waals surface area contributed by atoms with E-state index < -0.39 is 5.54 Å². The van der Waals surface area contributed by atoms with E-state index in [1.807, 2.05) is 25.2 Å². The van der Waals surface area contributed by atoms with Gasteiger partial charge in [-0.1, -0.05) is 29.6 Å². The Labute approximate surface area is 139 Å². The lowest BCUT2D eigenvalue weighted by atomic mass is 9.84. The third-order valence-electron chi connectivity index (χ3n) is 4.33. The molecule has 1 aromatic rings. The van der Waals surface area contributed by atoms with Gasteiger partial charge in [0.2, 0.25) is 5.91 Å². The lowest BCUT2D eigenvalue weighted by molar-refractivity contribution is -0.125. The molecule has 6 heteroatoms. The summed E-state index contributed by atoms with van der Waals surface area (Å²) in [6.07, 6.45) is 3.88. The van der Waals surface area contributed by atoms with E-state index in [4.69, 9.17) is 28.9 Å². The zero-order valence-corrected chi connectivity index (χ0v) is 14.3. The highest BCUT2D eigenvalue weighted by Crippen LogP contribution is 2.39. The van der Waals surface area contributed by atoms with Crippen LogP contribution in [0.1, 0.15) is 25.7 Å². The first-order chi connectivity index (χ1) is 9.99. The molecule has 0 heterocycles. The molecule has 1 amide bonds. The second kappa shape index (κ2) is 7.23. The number of likely N-dealkylation sites (N-methyl/N-ethyl adjacent to an activating group) is 1. The number of nitrogens with one attached hydrogen (secondary N) is 1. The molecule has 2 atom stereocenters. The van der Waals surface area contributed by atoms with Gasteiger partial charge < -0.3 is 11.1 Å². The van der Waals surface area contributed by atoms with Crippen LogP contribution in [0.2, 0.25) is 10.0 Å².